The van der Waals surface area contributed by atoms with Gasteiger partial charge in [0.1, 0.15) is 0 Å². The monoisotopic (exact) mass is 417 g/mol. The molecule has 6 nitrogen and oxygen atoms in total. The molecule has 2 amide bonds. The van der Waals surface area contributed by atoms with Crippen LogP contribution in [-0.4, -0.2) is 65.3 Å². The van der Waals surface area contributed by atoms with Crippen LogP contribution in [0.15, 0.2) is 41.0 Å². The molecule has 2 aliphatic rings. The van der Waals surface area contributed by atoms with Gasteiger partial charge < -0.3 is 14.2 Å². The molecule has 8 heteroatoms. The summed E-state index contributed by atoms with van der Waals surface area (Å²) in [7, 11) is 0. The fourth-order valence-electron chi connectivity index (χ4n) is 4.26. The molecule has 1 unspecified atom stereocenters. The molecule has 4 rings (SSSR count). The number of hydrogen-bond donors (Lipinski definition) is 0. The number of likely N-dealkylation sites (tertiary alicyclic amines) is 1. The third kappa shape index (κ3) is 4.53. The minimum Gasteiger partial charge on any atom is -0.459 e. The minimum atomic E-state index is -0.894. The van der Waals surface area contributed by atoms with E-state index < -0.39 is 11.6 Å². The molecule has 160 valence electrons. The maximum atomic E-state index is 13.5. The van der Waals surface area contributed by atoms with Crippen molar-refractivity contribution in [1.82, 2.24) is 14.7 Å². The lowest BCUT2D eigenvalue weighted by Gasteiger charge is -2.38. The Morgan fingerprint density at radius 1 is 1.03 bits per heavy atom. The number of amides is 2. The Balaban J connectivity index is 1.31. The van der Waals surface area contributed by atoms with Crippen LogP contribution in [0.3, 0.4) is 0 Å². The van der Waals surface area contributed by atoms with Crippen molar-refractivity contribution in [3.63, 3.8) is 0 Å². The molecule has 2 aliphatic heterocycles. The highest BCUT2D eigenvalue weighted by molar-refractivity contribution is 5.91. The topological polar surface area (TPSA) is 57.0 Å². The average Bonchev–Trinajstić information content (AvgIpc) is 3.23. The molecule has 0 aliphatic carbocycles. The lowest BCUT2D eigenvalue weighted by molar-refractivity contribution is -0.131. The number of rotatable bonds is 4. The van der Waals surface area contributed by atoms with Crippen molar-refractivity contribution in [2.45, 2.75) is 31.8 Å². The van der Waals surface area contributed by atoms with Gasteiger partial charge in [0, 0.05) is 51.7 Å². The van der Waals surface area contributed by atoms with Gasteiger partial charge in [0.2, 0.25) is 5.91 Å². The quantitative estimate of drug-likeness (QED) is 0.768. The second-order valence-electron chi connectivity index (χ2n) is 7.85. The molecule has 30 heavy (non-hydrogen) atoms. The summed E-state index contributed by atoms with van der Waals surface area (Å²) in [5.74, 6) is -1.47. The van der Waals surface area contributed by atoms with Crippen molar-refractivity contribution in [1.29, 1.82) is 0 Å². The van der Waals surface area contributed by atoms with Crippen molar-refractivity contribution in [2.75, 3.05) is 32.7 Å². The van der Waals surface area contributed by atoms with E-state index in [-0.39, 0.29) is 24.4 Å². The molecular formula is C22H25F2N3O3. The normalized spacial score (nSPS) is 21.0. The molecule has 1 aromatic carbocycles. The molecule has 2 fully saturated rings. The summed E-state index contributed by atoms with van der Waals surface area (Å²) in [6.45, 7) is 3.64. The summed E-state index contributed by atoms with van der Waals surface area (Å²) < 4.78 is 31.8. The predicted octanol–water partition coefficient (Wildman–Crippen LogP) is 2.90. The van der Waals surface area contributed by atoms with Crippen LogP contribution in [0, 0.1) is 11.6 Å². The zero-order chi connectivity index (χ0) is 21.1. The number of carbonyl (C=O) groups excluding carboxylic acids is 2. The van der Waals surface area contributed by atoms with E-state index in [2.05, 4.69) is 4.90 Å². The predicted molar refractivity (Wildman–Crippen MR) is 106 cm³/mol. The second kappa shape index (κ2) is 8.95. The number of carbonyl (C=O) groups is 2. The Morgan fingerprint density at radius 2 is 1.83 bits per heavy atom. The summed E-state index contributed by atoms with van der Waals surface area (Å²) in [5.41, 5.74) is 0.589. The molecule has 1 atom stereocenters. The molecule has 2 aromatic rings. The molecule has 1 aromatic heterocycles. The van der Waals surface area contributed by atoms with Crippen molar-refractivity contribution in [2.24, 2.45) is 0 Å². The molecular weight excluding hydrogens is 392 g/mol. The van der Waals surface area contributed by atoms with Gasteiger partial charge in [-0.1, -0.05) is 6.07 Å². The van der Waals surface area contributed by atoms with E-state index in [4.69, 9.17) is 4.42 Å². The fourth-order valence-corrected chi connectivity index (χ4v) is 4.26. The van der Waals surface area contributed by atoms with Gasteiger partial charge in [0.05, 0.1) is 6.26 Å². The number of halogens is 2. The largest absolute Gasteiger partial charge is 0.459 e. The molecule has 0 bridgehead atoms. The van der Waals surface area contributed by atoms with Crippen molar-refractivity contribution in [3.05, 3.63) is 59.6 Å². The van der Waals surface area contributed by atoms with Crippen LogP contribution >= 0.6 is 0 Å². The van der Waals surface area contributed by atoms with Gasteiger partial charge in [-0.05, 0) is 42.7 Å². The Morgan fingerprint density at radius 3 is 2.53 bits per heavy atom. The van der Waals surface area contributed by atoms with Crippen molar-refractivity contribution in [3.8, 4) is 0 Å². The van der Waals surface area contributed by atoms with Crippen LogP contribution in [0.2, 0.25) is 0 Å². The Bertz CT molecular complexity index is 895. The first-order valence-corrected chi connectivity index (χ1v) is 10.3. The van der Waals surface area contributed by atoms with Gasteiger partial charge in [-0.2, -0.15) is 0 Å². The van der Waals surface area contributed by atoms with Crippen LogP contribution in [0.5, 0.6) is 0 Å². The maximum absolute atomic E-state index is 13.5. The molecule has 0 saturated carbocycles. The van der Waals surface area contributed by atoms with Gasteiger partial charge in [-0.25, -0.2) is 8.78 Å². The van der Waals surface area contributed by atoms with Crippen LogP contribution in [0.1, 0.15) is 35.4 Å². The van der Waals surface area contributed by atoms with E-state index in [0.29, 0.717) is 37.4 Å². The molecule has 0 spiro atoms. The number of hydrogen-bond acceptors (Lipinski definition) is 4. The summed E-state index contributed by atoms with van der Waals surface area (Å²) in [6.07, 6.45) is 3.51. The van der Waals surface area contributed by atoms with Crippen molar-refractivity contribution >= 4 is 11.8 Å². The SMILES string of the molecule is O=C1CCC(N2CCN(C(=O)c3ccco3)CC2)CCN1Cc1ccc(F)c(F)c1. The fraction of sp³-hybridized carbons (Fsp3) is 0.455. The minimum absolute atomic E-state index is 0.0360. The summed E-state index contributed by atoms with van der Waals surface area (Å²) >= 11 is 0. The van der Waals surface area contributed by atoms with E-state index in [0.717, 1.165) is 38.1 Å². The standard InChI is InChI=1S/C22H25F2N3O3/c23-18-5-3-16(14-19(18)24)15-27-8-7-17(4-6-21(27)28)25-9-11-26(12-10-25)22(29)20-2-1-13-30-20/h1-3,5,13-14,17H,4,6-12,15H2. The number of piperazine rings is 1. The maximum Gasteiger partial charge on any atom is 0.289 e. The number of furan rings is 1. The molecule has 0 radical (unpaired) electrons. The van der Waals surface area contributed by atoms with Crippen molar-refractivity contribution < 1.29 is 22.8 Å². The highest BCUT2D eigenvalue weighted by atomic mass is 19.2. The Labute approximate surface area is 174 Å². The first-order chi connectivity index (χ1) is 14.5. The lowest BCUT2D eigenvalue weighted by Crippen LogP contribution is -2.52. The molecule has 3 heterocycles. The zero-order valence-corrected chi connectivity index (χ0v) is 16.7. The van der Waals surface area contributed by atoms with E-state index in [1.165, 1.54) is 12.3 Å². The highest BCUT2D eigenvalue weighted by Crippen LogP contribution is 2.22. The Hall–Kier alpha value is -2.74. The second-order valence-corrected chi connectivity index (χ2v) is 7.85. The van der Waals surface area contributed by atoms with Crippen LogP contribution in [0.25, 0.3) is 0 Å². The van der Waals surface area contributed by atoms with Gasteiger partial charge in [0.15, 0.2) is 17.4 Å². The van der Waals surface area contributed by atoms with Gasteiger partial charge >= 0.3 is 0 Å². The average molecular weight is 417 g/mol. The smallest absolute Gasteiger partial charge is 0.289 e. The molecule has 0 N–H and O–H groups in total. The van der Waals surface area contributed by atoms with Gasteiger partial charge in [-0.15, -0.1) is 0 Å². The first-order valence-electron chi connectivity index (χ1n) is 10.3. The highest BCUT2D eigenvalue weighted by Gasteiger charge is 2.30. The third-order valence-electron chi connectivity index (χ3n) is 5.98. The number of benzene rings is 1. The van der Waals surface area contributed by atoms with Crippen LogP contribution in [-0.2, 0) is 11.3 Å². The molecule has 2 saturated heterocycles. The summed E-state index contributed by atoms with van der Waals surface area (Å²) in [6, 6.07) is 7.42. The van der Waals surface area contributed by atoms with Gasteiger partial charge in [0.25, 0.3) is 5.91 Å². The lowest BCUT2D eigenvalue weighted by atomic mass is 10.1. The zero-order valence-electron chi connectivity index (χ0n) is 16.7. The Kier molecular flexibility index (Phi) is 6.13. The summed E-state index contributed by atoms with van der Waals surface area (Å²) in [5, 5.41) is 0. The third-order valence-corrected chi connectivity index (χ3v) is 5.98. The van der Waals surface area contributed by atoms with E-state index in [1.807, 2.05) is 0 Å². The number of nitrogens with zero attached hydrogens (tertiary/aromatic N) is 3. The van der Waals surface area contributed by atoms with Gasteiger partial charge in [-0.3, -0.25) is 14.5 Å². The van der Waals surface area contributed by atoms with Crippen LogP contribution in [0.4, 0.5) is 8.78 Å². The summed E-state index contributed by atoms with van der Waals surface area (Å²) in [4.78, 5) is 30.8. The van der Waals surface area contributed by atoms with E-state index >= 15 is 0 Å². The van der Waals surface area contributed by atoms with E-state index in [1.54, 1.807) is 21.9 Å². The van der Waals surface area contributed by atoms with E-state index in [9.17, 15) is 18.4 Å². The first kappa shape index (κ1) is 20.5. The van der Waals surface area contributed by atoms with Crippen LogP contribution < -0.4 is 0 Å².